The summed E-state index contributed by atoms with van der Waals surface area (Å²) in [4.78, 5) is 11.8. The lowest BCUT2D eigenvalue weighted by atomic mass is 10.1. The minimum atomic E-state index is -0.169. The smallest absolute Gasteiger partial charge is 0.252 e. The molecular weight excluding hydrogens is 224 g/mol. The largest absolute Gasteiger partial charge is 0.350 e. The van der Waals surface area contributed by atoms with Gasteiger partial charge in [-0.3, -0.25) is 4.79 Å². The van der Waals surface area contributed by atoms with Crippen molar-refractivity contribution in [3.05, 3.63) is 34.3 Å². The second kappa shape index (κ2) is 5.87. The van der Waals surface area contributed by atoms with Gasteiger partial charge in [-0.15, -0.1) is 0 Å². The highest BCUT2D eigenvalue weighted by Gasteiger charge is 2.11. The Kier molecular flexibility index (Phi) is 4.77. The molecule has 0 aliphatic heterocycles. The standard InChI is InChI=1S/C12H17ClN2O/c1-3-9(14)7-15-12(16)10-6-4-5-8(2)11(10)13/h4-6,9H,3,7,14H2,1-2H3,(H,15,16). The summed E-state index contributed by atoms with van der Waals surface area (Å²) in [6, 6.07) is 5.39. The number of hydrogen-bond donors (Lipinski definition) is 2. The first-order chi connectivity index (χ1) is 7.56. The molecule has 3 nitrogen and oxygen atoms in total. The summed E-state index contributed by atoms with van der Waals surface area (Å²) in [5.74, 6) is -0.169. The third kappa shape index (κ3) is 3.22. The van der Waals surface area contributed by atoms with Crippen LogP contribution in [0.5, 0.6) is 0 Å². The van der Waals surface area contributed by atoms with Crippen molar-refractivity contribution in [2.24, 2.45) is 5.73 Å². The summed E-state index contributed by atoms with van der Waals surface area (Å²) in [6.45, 7) is 4.33. The van der Waals surface area contributed by atoms with Crippen LogP contribution in [0.15, 0.2) is 18.2 Å². The van der Waals surface area contributed by atoms with Crippen LogP contribution in [-0.2, 0) is 0 Å². The number of halogens is 1. The van der Waals surface area contributed by atoms with Crippen LogP contribution in [0, 0.1) is 6.92 Å². The van der Waals surface area contributed by atoms with Gasteiger partial charge < -0.3 is 11.1 Å². The molecule has 1 aromatic rings. The first-order valence-corrected chi connectivity index (χ1v) is 5.73. The minimum Gasteiger partial charge on any atom is -0.350 e. The molecule has 1 atom stereocenters. The predicted molar refractivity (Wildman–Crippen MR) is 66.8 cm³/mol. The maximum Gasteiger partial charge on any atom is 0.252 e. The van der Waals surface area contributed by atoms with Gasteiger partial charge in [0, 0.05) is 12.6 Å². The zero-order valence-corrected chi connectivity index (χ0v) is 10.3. The van der Waals surface area contributed by atoms with Crippen molar-refractivity contribution in [3.63, 3.8) is 0 Å². The van der Waals surface area contributed by atoms with E-state index in [0.29, 0.717) is 17.1 Å². The summed E-state index contributed by atoms with van der Waals surface area (Å²) in [5.41, 5.74) is 7.12. The maximum atomic E-state index is 11.8. The molecule has 0 radical (unpaired) electrons. The number of carbonyl (C=O) groups excluding carboxylic acids is 1. The van der Waals surface area contributed by atoms with Crippen molar-refractivity contribution in [1.82, 2.24) is 5.32 Å². The van der Waals surface area contributed by atoms with Crippen molar-refractivity contribution >= 4 is 17.5 Å². The number of hydrogen-bond acceptors (Lipinski definition) is 2. The molecule has 0 saturated carbocycles. The quantitative estimate of drug-likeness (QED) is 0.847. The van der Waals surface area contributed by atoms with Crippen LogP contribution < -0.4 is 11.1 Å². The van der Waals surface area contributed by atoms with Gasteiger partial charge in [0.25, 0.3) is 5.91 Å². The lowest BCUT2D eigenvalue weighted by Gasteiger charge is -2.11. The van der Waals surface area contributed by atoms with Crippen LogP contribution in [0.2, 0.25) is 5.02 Å². The Morgan fingerprint density at radius 1 is 1.56 bits per heavy atom. The molecule has 0 spiro atoms. The molecule has 0 aliphatic carbocycles. The summed E-state index contributed by atoms with van der Waals surface area (Å²) in [6.07, 6.45) is 0.835. The molecule has 16 heavy (non-hydrogen) atoms. The Bertz CT molecular complexity index is 379. The average molecular weight is 241 g/mol. The fraction of sp³-hybridized carbons (Fsp3) is 0.417. The highest BCUT2D eigenvalue weighted by molar-refractivity contribution is 6.34. The number of nitrogens with one attached hydrogen (secondary N) is 1. The highest BCUT2D eigenvalue weighted by atomic mass is 35.5. The summed E-state index contributed by atoms with van der Waals surface area (Å²) in [7, 11) is 0. The molecule has 0 aliphatic rings. The lowest BCUT2D eigenvalue weighted by Crippen LogP contribution is -2.36. The van der Waals surface area contributed by atoms with Gasteiger partial charge in [0.2, 0.25) is 0 Å². The van der Waals surface area contributed by atoms with E-state index in [4.69, 9.17) is 17.3 Å². The van der Waals surface area contributed by atoms with E-state index in [1.54, 1.807) is 6.07 Å². The number of aryl methyl sites for hydroxylation is 1. The van der Waals surface area contributed by atoms with Crippen LogP contribution >= 0.6 is 11.6 Å². The first-order valence-electron chi connectivity index (χ1n) is 5.35. The summed E-state index contributed by atoms with van der Waals surface area (Å²) >= 11 is 6.05. The van der Waals surface area contributed by atoms with Crippen LogP contribution in [0.25, 0.3) is 0 Å². The van der Waals surface area contributed by atoms with Gasteiger partial charge in [-0.2, -0.15) is 0 Å². The molecule has 0 bridgehead atoms. The highest BCUT2D eigenvalue weighted by Crippen LogP contribution is 2.19. The van der Waals surface area contributed by atoms with Gasteiger partial charge in [0.15, 0.2) is 0 Å². The van der Waals surface area contributed by atoms with Crippen LogP contribution in [0.3, 0.4) is 0 Å². The zero-order chi connectivity index (χ0) is 12.1. The Morgan fingerprint density at radius 2 is 2.25 bits per heavy atom. The van der Waals surface area contributed by atoms with E-state index in [1.807, 2.05) is 26.0 Å². The van der Waals surface area contributed by atoms with Crippen LogP contribution in [0.4, 0.5) is 0 Å². The molecule has 1 rings (SSSR count). The normalized spacial score (nSPS) is 12.2. The number of amides is 1. The molecule has 1 aromatic carbocycles. The summed E-state index contributed by atoms with van der Waals surface area (Å²) in [5, 5.41) is 3.27. The predicted octanol–water partition coefficient (Wildman–Crippen LogP) is 2.12. The van der Waals surface area contributed by atoms with E-state index < -0.39 is 0 Å². The van der Waals surface area contributed by atoms with E-state index in [1.165, 1.54) is 0 Å². The number of carbonyl (C=O) groups is 1. The molecular formula is C12H17ClN2O. The number of benzene rings is 1. The van der Waals surface area contributed by atoms with Crippen molar-refractivity contribution in [2.45, 2.75) is 26.3 Å². The average Bonchev–Trinajstić information content (AvgIpc) is 2.29. The van der Waals surface area contributed by atoms with E-state index >= 15 is 0 Å². The van der Waals surface area contributed by atoms with E-state index in [-0.39, 0.29) is 11.9 Å². The van der Waals surface area contributed by atoms with Crippen LogP contribution in [-0.4, -0.2) is 18.5 Å². The number of nitrogens with two attached hydrogens (primary N) is 1. The third-order valence-corrected chi connectivity index (χ3v) is 2.99. The van der Waals surface area contributed by atoms with Crippen molar-refractivity contribution < 1.29 is 4.79 Å². The maximum absolute atomic E-state index is 11.8. The molecule has 3 N–H and O–H groups in total. The Balaban J connectivity index is 2.70. The lowest BCUT2D eigenvalue weighted by molar-refractivity contribution is 0.0951. The Morgan fingerprint density at radius 3 is 2.88 bits per heavy atom. The molecule has 0 heterocycles. The topological polar surface area (TPSA) is 55.1 Å². The fourth-order valence-corrected chi connectivity index (χ4v) is 1.50. The molecule has 88 valence electrons. The zero-order valence-electron chi connectivity index (χ0n) is 9.59. The fourth-order valence-electron chi connectivity index (χ4n) is 1.29. The molecule has 0 fully saturated rings. The minimum absolute atomic E-state index is 0.00691. The number of rotatable bonds is 4. The van der Waals surface area contributed by atoms with E-state index in [2.05, 4.69) is 5.32 Å². The first kappa shape index (κ1) is 13.0. The Labute approximate surface area is 101 Å². The monoisotopic (exact) mass is 240 g/mol. The van der Waals surface area contributed by atoms with Gasteiger partial charge in [-0.05, 0) is 25.0 Å². The van der Waals surface area contributed by atoms with Crippen molar-refractivity contribution in [2.75, 3.05) is 6.54 Å². The van der Waals surface area contributed by atoms with Gasteiger partial charge >= 0.3 is 0 Å². The molecule has 1 unspecified atom stereocenters. The SMILES string of the molecule is CCC(N)CNC(=O)c1cccc(C)c1Cl. The second-order valence-electron chi connectivity index (χ2n) is 3.81. The van der Waals surface area contributed by atoms with Crippen LogP contribution in [0.1, 0.15) is 29.3 Å². The van der Waals surface area contributed by atoms with Crippen molar-refractivity contribution in [3.8, 4) is 0 Å². The van der Waals surface area contributed by atoms with Gasteiger partial charge in [0.1, 0.15) is 0 Å². The van der Waals surface area contributed by atoms with Gasteiger partial charge in [-0.1, -0.05) is 30.7 Å². The second-order valence-corrected chi connectivity index (χ2v) is 4.19. The molecule has 0 saturated heterocycles. The molecule has 1 amide bonds. The van der Waals surface area contributed by atoms with E-state index in [9.17, 15) is 4.79 Å². The Hall–Kier alpha value is -1.06. The third-order valence-electron chi connectivity index (χ3n) is 2.49. The van der Waals surface area contributed by atoms with Gasteiger partial charge in [0.05, 0.1) is 10.6 Å². The molecule has 0 aromatic heterocycles. The van der Waals surface area contributed by atoms with Crippen molar-refractivity contribution in [1.29, 1.82) is 0 Å². The molecule has 4 heteroatoms. The van der Waals surface area contributed by atoms with Gasteiger partial charge in [-0.25, -0.2) is 0 Å². The van der Waals surface area contributed by atoms with E-state index in [0.717, 1.165) is 12.0 Å². The summed E-state index contributed by atoms with van der Waals surface area (Å²) < 4.78 is 0.